The van der Waals surface area contributed by atoms with Crippen LogP contribution in [-0.4, -0.2) is 30.9 Å². The predicted molar refractivity (Wildman–Crippen MR) is 100 cm³/mol. The van der Waals surface area contributed by atoms with Crippen molar-refractivity contribution in [2.45, 2.75) is 26.7 Å². The molecule has 0 radical (unpaired) electrons. The highest BCUT2D eigenvalue weighted by molar-refractivity contribution is 5.99. The second-order valence-electron chi connectivity index (χ2n) is 6.56. The van der Waals surface area contributed by atoms with Crippen molar-refractivity contribution in [1.82, 2.24) is 0 Å². The number of nitrogens with one attached hydrogen (secondary N) is 1. The van der Waals surface area contributed by atoms with Gasteiger partial charge in [-0.2, -0.15) is 0 Å². The first-order valence-corrected chi connectivity index (χ1v) is 8.74. The largest absolute Gasteiger partial charge is 0.482 e. The van der Waals surface area contributed by atoms with Crippen LogP contribution in [0, 0.1) is 13.8 Å². The van der Waals surface area contributed by atoms with Gasteiger partial charge in [0.2, 0.25) is 11.7 Å². The zero-order chi connectivity index (χ0) is 19.4. The normalized spacial score (nSPS) is 12.7. The zero-order valence-electron chi connectivity index (χ0n) is 15.3. The molecule has 0 aromatic heterocycles. The number of benzene rings is 2. The number of anilines is 1. The molecule has 0 spiro atoms. The minimum absolute atomic E-state index is 0.00624. The highest BCUT2D eigenvalue weighted by atomic mass is 16.6. The van der Waals surface area contributed by atoms with Gasteiger partial charge in [0, 0.05) is 17.7 Å². The van der Waals surface area contributed by atoms with E-state index in [1.807, 2.05) is 26.0 Å². The van der Waals surface area contributed by atoms with Crippen LogP contribution in [0.25, 0.3) is 0 Å². The summed E-state index contributed by atoms with van der Waals surface area (Å²) < 4.78 is 10.5. The Bertz CT molecular complexity index is 903. The molecule has 27 heavy (non-hydrogen) atoms. The van der Waals surface area contributed by atoms with E-state index < -0.39 is 5.97 Å². The summed E-state index contributed by atoms with van der Waals surface area (Å²) >= 11 is 0. The van der Waals surface area contributed by atoms with Crippen molar-refractivity contribution in [1.29, 1.82) is 0 Å². The third-order valence-electron chi connectivity index (χ3n) is 4.39. The van der Waals surface area contributed by atoms with E-state index >= 15 is 0 Å². The Labute approximate surface area is 157 Å². The number of hydrogen-bond acceptors (Lipinski definition) is 5. The summed E-state index contributed by atoms with van der Waals surface area (Å²) in [6.07, 6.45) is 1.06. The lowest BCUT2D eigenvalue weighted by Gasteiger charge is -2.17. The minimum Gasteiger partial charge on any atom is -0.482 e. The SMILES string of the molecule is Cc1ccc(C)c(C(=O)COC(=O)COc2ccc3c(c2)CCC(=O)N3)c1. The summed E-state index contributed by atoms with van der Waals surface area (Å²) in [5.41, 5.74) is 4.10. The topological polar surface area (TPSA) is 81.7 Å². The molecule has 0 saturated heterocycles. The number of ketones is 1. The molecule has 0 bridgehead atoms. The van der Waals surface area contributed by atoms with E-state index in [0.29, 0.717) is 24.2 Å². The fraction of sp³-hybridized carbons (Fsp3) is 0.286. The van der Waals surface area contributed by atoms with E-state index in [4.69, 9.17) is 9.47 Å². The maximum Gasteiger partial charge on any atom is 0.344 e. The Balaban J connectivity index is 1.51. The fourth-order valence-corrected chi connectivity index (χ4v) is 2.89. The van der Waals surface area contributed by atoms with E-state index in [2.05, 4.69) is 5.32 Å². The summed E-state index contributed by atoms with van der Waals surface area (Å²) in [6, 6.07) is 10.8. The van der Waals surface area contributed by atoms with Crippen molar-refractivity contribution in [2.75, 3.05) is 18.5 Å². The zero-order valence-corrected chi connectivity index (χ0v) is 15.3. The van der Waals surface area contributed by atoms with Gasteiger partial charge in [-0.3, -0.25) is 9.59 Å². The van der Waals surface area contributed by atoms with Crippen LogP contribution in [0.3, 0.4) is 0 Å². The van der Waals surface area contributed by atoms with Crippen LogP contribution in [0.15, 0.2) is 36.4 Å². The molecule has 0 fully saturated rings. The van der Waals surface area contributed by atoms with Crippen LogP contribution in [0.1, 0.15) is 33.5 Å². The van der Waals surface area contributed by atoms with E-state index in [1.54, 1.807) is 24.3 Å². The number of aryl methyl sites for hydroxylation is 3. The molecular formula is C21H21NO5. The van der Waals surface area contributed by atoms with Crippen LogP contribution >= 0.6 is 0 Å². The van der Waals surface area contributed by atoms with Gasteiger partial charge in [-0.15, -0.1) is 0 Å². The lowest BCUT2D eigenvalue weighted by molar-refractivity contribution is -0.144. The smallest absolute Gasteiger partial charge is 0.344 e. The van der Waals surface area contributed by atoms with Gasteiger partial charge < -0.3 is 14.8 Å². The second kappa shape index (κ2) is 8.03. The van der Waals surface area contributed by atoms with Crippen LogP contribution < -0.4 is 10.1 Å². The summed E-state index contributed by atoms with van der Waals surface area (Å²) in [5.74, 6) is -0.343. The quantitative estimate of drug-likeness (QED) is 0.627. The molecule has 2 aromatic carbocycles. The van der Waals surface area contributed by atoms with Gasteiger partial charge in [0.25, 0.3) is 0 Å². The Morgan fingerprint density at radius 2 is 1.85 bits per heavy atom. The molecule has 0 saturated carbocycles. The average Bonchev–Trinajstić information content (AvgIpc) is 2.66. The number of fused-ring (bicyclic) bond motifs is 1. The summed E-state index contributed by atoms with van der Waals surface area (Å²) in [5, 5.41) is 2.79. The van der Waals surface area contributed by atoms with Gasteiger partial charge >= 0.3 is 5.97 Å². The second-order valence-corrected chi connectivity index (χ2v) is 6.56. The molecule has 6 heteroatoms. The Morgan fingerprint density at radius 1 is 1.04 bits per heavy atom. The van der Waals surface area contributed by atoms with E-state index in [-0.39, 0.29) is 24.9 Å². The molecule has 0 atom stereocenters. The molecule has 1 heterocycles. The summed E-state index contributed by atoms with van der Waals surface area (Å²) in [4.78, 5) is 35.5. The van der Waals surface area contributed by atoms with Crippen molar-refractivity contribution >= 4 is 23.3 Å². The monoisotopic (exact) mass is 367 g/mol. The molecule has 1 amide bonds. The molecule has 140 valence electrons. The Kier molecular flexibility index (Phi) is 5.54. The van der Waals surface area contributed by atoms with Crippen molar-refractivity contribution in [3.8, 4) is 5.75 Å². The number of amides is 1. The van der Waals surface area contributed by atoms with Crippen molar-refractivity contribution in [3.05, 3.63) is 58.7 Å². The van der Waals surface area contributed by atoms with Crippen LogP contribution in [0.5, 0.6) is 5.75 Å². The van der Waals surface area contributed by atoms with Gasteiger partial charge in [-0.05, 0) is 55.7 Å². The molecule has 1 aliphatic heterocycles. The number of rotatable bonds is 6. The summed E-state index contributed by atoms with van der Waals surface area (Å²) in [7, 11) is 0. The van der Waals surface area contributed by atoms with E-state index in [0.717, 1.165) is 22.4 Å². The minimum atomic E-state index is -0.611. The van der Waals surface area contributed by atoms with Crippen LogP contribution in [-0.2, 0) is 20.7 Å². The van der Waals surface area contributed by atoms with Gasteiger partial charge in [0.1, 0.15) is 5.75 Å². The fourth-order valence-electron chi connectivity index (χ4n) is 2.89. The lowest BCUT2D eigenvalue weighted by Crippen LogP contribution is -2.21. The Morgan fingerprint density at radius 3 is 2.67 bits per heavy atom. The van der Waals surface area contributed by atoms with Gasteiger partial charge in [0.05, 0.1) is 0 Å². The molecule has 0 aliphatic carbocycles. The van der Waals surface area contributed by atoms with E-state index in [9.17, 15) is 14.4 Å². The number of Topliss-reactive ketones (excluding diaryl/α,β-unsaturated/α-hetero) is 1. The molecule has 6 nitrogen and oxygen atoms in total. The first kappa shape index (κ1) is 18.6. The van der Waals surface area contributed by atoms with Crippen molar-refractivity contribution in [2.24, 2.45) is 0 Å². The third kappa shape index (κ3) is 4.73. The highest BCUT2D eigenvalue weighted by Gasteiger charge is 2.16. The highest BCUT2D eigenvalue weighted by Crippen LogP contribution is 2.26. The standard InChI is InChI=1S/C21H21NO5/c1-13-3-4-14(2)17(9-13)19(23)11-27-21(25)12-26-16-6-7-18-15(10-16)5-8-20(24)22-18/h3-4,6-7,9-10H,5,8,11-12H2,1-2H3,(H,22,24). The van der Waals surface area contributed by atoms with Gasteiger partial charge in [-0.25, -0.2) is 4.79 Å². The lowest BCUT2D eigenvalue weighted by atomic mass is 10.0. The molecule has 1 aliphatic rings. The molecular weight excluding hydrogens is 346 g/mol. The van der Waals surface area contributed by atoms with Crippen molar-refractivity contribution < 1.29 is 23.9 Å². The van der Waals surface area contributed by atoms with E-state index in [1.165, 1.54) is 0 Å². The molecule has 0 unspecified atom stereocenters. The number of ether oxygens (including phenoxy) is 2. The molecule has 3 rings (SSSR count). The maximum absolute atomic E-state index is 12.2. The summed E-state index contributed by atoms with van der Waals surface area (Å²) in [6.45, 7) is 3.14. The van der Waals surface area contributed by atoms with Gasteiger partial charge in [0.15, 0.2) is 13.2 Å². The van der Waals surface area contributed by atoms with Gasteiger partial charge in [-0.1, -0.05) is 17.7 Å². The number of hydrogen-bond donors (Lipinski definition) is 1. The number of carbonyl (C=O) groups excluding carboxylic acids is 3. The number of esters is 1. The number of carbonyl (C=O) groups is 3. The Hall–Kier alpha value is -3.15. The molecule has 2 aromatic rings. The maximum atomic E-state index is 12.2. The predicted octanol–water partition coefficient (Wildman–Crippen LogP) is 2.99. The first-order valence-electron chi connectivity index (χ1n) is 8.74. The van der Waals surface area contributed by atoms with Crippen LogP contribution in [0.2, 0.25) is 0 Å². The average molecular weight is 367 g/mol. The van der Waals surface area contributed by atoms with Crippen molar-refractivity contribution in [3.63, 3.8) is 0 Å². The first-order chi connectivity index (χ1) is 12.9. The van der Waals surface area contributed by atoms with Crippen LogP contribution in [0.4, 0.5) is 5.69 Å². The third-order valence-corrected chi connectivity index (χ3v) is 4.39. The molecule has 1 N–H and O–H groups in total.